The zero-order valence-electron chi connectivity index (χ0n) is 27.9. The Labute approximate surface area is 283 Å². The SMILES string of the molecule is CCCc1nn(C)c2c(=O)[nH]c(-c3cc(S(=O)(=O)N4CCN(C)CC4)ccc3OCC)nc12.O=C(O)CC(O)(CC(=O)O)C(=O)O.[H-].[Li+]. The van der Waals surface area contributed by atoms with Crippen LogP contribution in [-0.4, -0.2) is 121 Å². The number of aromatic nitrogens is 4. The van der Waals surface area contributed by atoms with Gasteiger partial charge in [-0.3, -0.25) is 19.1 Å². The molecule has 1 aromatic carbocycles. The maximum atomic E-state index is 13.3. The number of carboxylic acid groups (broad SMARTS) is 3. The van der Waals surface area contributed by atoms with Gasteiger partial charge in [-0.05, 0) is 38.6 Å². The molecule has 3 aromatic rings. The van der Waals surface area contributed by atoms with Crippen LogP contribution in [0.15, 0.2) is 27.9 Å². The van der Waals surface area contributed by atoms with Crippen molar-refractivity contribution in [2.75, 3.05) is 39.8 Å². The van der Waals surface area contributed by atoms with Gasteiger partial charge in [-0.2, -0.15) is 9.40 Å². The van der Waals surface area contributed by atoms with Crippen molar-refractivity contribution in [3.05, 3.63) is 34.2 Å². The zero-order chi connectivity index (χ0) is 34.4. The molecule has 4 rings (SSSR count). The minimum Gasteiger partial charge on any atom is -1.00 e. The smallest absolute Gasteiger partial charge is 1.00 e. The van der Waals surface area contributed by atoms with Crippen LogP contribution in [0.1, 0.15) is 40.2 Å². The van der Waals surface area contributed by atoms with Crippen molar-refractivity contribution < 1.29 is 68.3 Å². The van der Waals surface area contributed by atoms with Crippen molar-refractivity contribution in [2.45, 2.75) is 50.0 Å². The van der Waals surface area contributed by atoms with Gasteiger partial charge in [-0.25, -0.2) is 18.2 Å². The Morgan fingerprint density at radius 2 is 1.64 bits per heavy atom. The summed E-state index contributed by atoms with van der Waals surface area (Å²) < 4.78 is 35.4. The van der Waals surface area contributed by atoms with Gasteiger partial charge in [0.1, 0.15) is 17.1 Å². The minimum atomic E-state index is -3.70. The van der Waals surface area contributed by atoms with Gasteiger partial charge in [0.15, 0.2) is 11.1 Å². The van der Waals surface area contributed by atoms with Gasteiger partial charge in [-0.1, -0.05) is 13.3 Å². The van der Waals surface area contributed by atoms with Gasteiger partial charge in [0.05, 0.1) is 35.6 Å². The van der Waals surface area contributed by atoms with E-state index in [1.807, 2.05) is 20.9 Å². The normalized spacial score (nSPS) is 14.1. The first kappa shape index (κ1) is 39.4. The van der Waals surface area contributed by atoms with Crippen molar-refractivity contribution >= 4 is 39.0 Å². The molecule has 5 N–H and O–H groups in total. The van der Waals surface area contributed by atoms with Gasteiger partial charge < -0.3 is 36.5 Å². The Morgan fingerprint density at radius 3 is 2.15 bits per heavy atom. The van der Waals surface area contributed by atoms with Gasteiger partial charge in [0.2, 0.25) is 10.0 Å². The fourth-order valence-electron chi connectivity index (χ4n) is 4.81. The Kier molecular flexibility index (Phi) is 13.7. The molecule has 1 aliphatic rings. The Morgan fingerprint density at radius 1 is 1.04 bits per heavy atom. The number of aryl methyl sites for hydroxylation is 2. The summed E-state index contributed by atoms with van der Waals surface area (Å²) in [6, 6.07) is 4.71. The van der Waals surface area contributed by atoms with E-state index >= 15 is 0 Å². The van der Waals surface area contributed by atoms with E-state index in [-0.39, 0.29) is 36.6 Å². The van der Waals surface area contributed by atoms with Crippen LogP contribution in [0, 0.1) is 0 Å². The van der Waals surface area contributed by atoms with Crippen LogP contribution in [0.25, 0.3) is 22.4 Å². The van der Waals surface area contributed by atoms with Crippen LogP contribution in [0.2, 0.25) is 0 Å². The number of hydrogen-bond acceptors (Lipinski definition) is 11. The number of rotatable bonds is 12. The van der Waals surface area contributed by atoms with Crippen LogP contribution >= 0.6 is 0 Å². The molecular weight excluding hydrogens is 635 g/mol. The predicted molar refractivity (Wildman–Crippen MR) is 164 cm³/mol. The van der Waals surface area contributed by atoms with E-state index in [4.69, 9.17) is 30.1 Å². The average molecular weight is 675 g/mol. The van der Waals surface area contributed by atoms with Crippen molar-refractivity contribution in [1.29, 1.82) is 0 Å². The maximum Gasteiger partial charge on any atom is 1.00 e. The van der Waals surface area contributed by atoms with Crippen LogP contribution in [-0.2, 0) is 37.9 Å². The second-order valence-electron chi connectivity index (χ2n) is 10.7. The molecule has 1 aliphatic heterocycles. The second-order valence-corrected chi connectivity index (χ2v) is 12.6. The zero-order valence-corrected chi connectivity index (χ0v) is 27.7. The van der Waals surface area contributed by atoms with E-state index in [2.05, 4.69) is 15.0 Å². The molecule has 1 fully saturated rings. The van der Waals surface area contributed by atoms with Crippen molar-refractivity contribution in [3.63, 3.8) is 0 Å². The number of fused-ring (bicyclic) bond motifs is 1. The third-order valence-electron chi connectivity index (χ3n) is 7.14. The molecule has 0 amide bonds. The summed E-state index contributed by atoms with van der Waals surface area (Å²) in [6.07, 6.45) is -0.745. The number of benzene rings is 1. The number of aromatic amines is 1. The molecule has 19 heteroatoms. The Hall–Kier alpha value is -3.79. The van der Waals surface area contributed by atoms with E-state index in [9.17, 15) is 27.6 Å². The largest absolute Gasteiger partial charge is 1.00 e. The van der Waals surface area contributed by atoms with Crippen LogP contribution in [0.4, 0.5) is 0 Å². The van der Waals surface area contributed by atoms with E-state index < -0.39 is 46.4 Å². The number of sulfonamides is 1. The quantitative estimate of drug-likeness (QED) is 0.125. The molecule has 0 spiro atoms. The number of carboxylic acids is 3. The third-order valence-corrected chi connectivity index (χ3v) is 9.04. The molecule has 0 saturated carbocycles. The summed E-state index contributed by atoms with van der Waals surface area (Å²) in [7, 11) is -0.00831. The van der Waals surface area contributed by atoms with Crippen molar-refractivity contribution in [2.24, 2.45) is 7.05 Å². The molecule has 3 heterocycles. The molecular formula is C28H39LiN6O11S. The van der Waals surface area contributed by atoms with Crippen LogP contribution in [0.3, 0.4) is 0 Å². The molecule has 2 aromatic heterocycles. The Balaban J connectivity index is 0.000000658. The number of carbonyl (C=O) groups is 3. The summed E-state index contributed by atoms with van der Waals surface area (Å²) in [5.74, 6) is -4.30. The summed E-state index contributed by atoms with van der Waals surface area (Å²) in [4.78, 5) is 53.1. The van der Waals surface area contributed by atoms with E-state index in [0.717, 1.165) is 12.1 Å². The number of nitrogens with one attached hydrogen (secondary N) is 1. The minimum absolute atomic E-state index is 0. The first-order chi connectivity index (χ1) is 21.5. The predicted octanol–water partition coefficient (Wildman–Crippen LogP) is -2.52. The van der Waals surface area contributed by atoms with Gasteiger partial charge in [0, 0.05) is 33.2 Å². The molecule has 47 heavy (non-hydrogen) atoms. The summed E-state index contributed by atoms with van der Waals surface area (Å²) in [5.41, 5.74) is -0.993. The second kappa shape index (κ2) is 16.4. The fourth-order valence-corrected chi connectivity index (χ4v) is 6.26. The van der Waals surface area contributed by atoms with E-state index in [1.165, 1.54) is 8.99 Å². The van der Waals surface area contributed by atoms with Gasteiger partial charge >= 0.3 is 36.8 Å². The number of nitrogens with zero attached hydrogens (tertiary/aromatic N) is 5. The molecule has 0 radical (unpaired) electrons. The first-order valence-electron chi connectivity index (χ1n) is 14.3. The fraction of sp³-hybridized carbons (Fsp3) is 0.500. The third kappa shape index (κ3) is 9.40. The maximum absolute atomic E-state index is 13.3. The summed E-state index contributed by atoms with van der Waals surface area (Å²) >= 11 is 0. The molecule has 254 valence electrons. The number of likely N-dealkylation sites (N-methyl/N-ethyl adjacent to an activating group) is 1. The van der Waals surface area contributed by atoms with Crippen molar-refractivity contribution in [3.8, 4) is 17.1 Å². The average Bonchev–Trinajstić information content (AvgIpc) is 3.28. The molecule has 0 unspecified atom stereocenters. The van der Waals surface area contributed by atoms with Gasteiger partial charge in [-0.15, -0.1) is 0 Å². The van der Waals surface area contributed by atoms with Crippen molar-refractivity contribution in [1.82, 2.24) is 29.0 Å². The number of aliphatic carboxylic acids is 3. The summed E-state index contributed by atoms with van der Waals surface area (Å²) in [6.45, 7) is 6.48. The first-order valence-corrected chi connectivity index (χ1v) is 15.8. The molecule has 0 bridgehead atoms. The molecule has 1 saturated heterocycles. The molecule has 0 aliphatic carbocycles. The summed E-state index contributed by atoms with van der Waals surface area (Å²) in [5, 5.41) is 38.3. The van der Waals surface area contributed by atoms with Crippen LogP contribution in [0.5, 0.6) is 5.75 Å². The van der Waals surface area contributed by atoms with E-state index in [0.29, 0.717) is 61.6 Å². The molecule has 0 atom stereocenters. The number of aliphatic hydroxyl groups is 1. The topological polar surface area (TPSA) is 246 Å². The number of H-pyrrole nitrogens is 1. The standard InChI is InChI=1S/C22H30N6O4S.C6H8O7.Li.H/c1-5-7-17-19-20(27(4)25-17)22(29)24-21(23-19)16-14-15(8-9-18(16)32-6-2)33(30,31)28-12-10-26(3)11-13-28;7-3(8)1-6(13,5(11)12)2-4(9)10;;/h8-9,14H,5-7,10-13H2,1-4H3,(H,23,24,29);13H,1-2H2,(H,7,8)(H,9,10)(H,11,12);;/q;;+1;-1. The van der Waals surface area contributed by atoms with Gasteiger partial charge in [0.25, 0.3) is 5.56 Å². The number of hydrogen-bond donors (Lipinski definition) is 5. The van der Waals surface area contributed by atoms with Crippen LogP contribution < -0.4 is 29.2 Å². The monoisotopic (exact) mass is 674 g/mol. The number of piperazine rings is 1. The molecule has 17 nitrogen and oxygen atoms in total. The number of ether oxygens (including phenoxy) is 1. The van der Waals surface area contributed by atoms with E-state index in [1.54, 1.807) is 25.2 Å². The Bertz CT molecular complexity index is 1760.